The zero-order valence-electron chi connectivity index (χ0n) is 30.8. The van der Waals surface area contributed by atoms with Gasteiger partial charge in [-0.05, 0) is 75.2 Å². The second kappa shape index (κ2) is 14.9. The molecule has 2 N–H and O–H groups in total. The summed E-state index contributed by atoms with van der Waals surface area (Å²) in [7, 11) is -2.39. The summed E-state index contributed by atoms with van der Waals surface area (Å²) in [6.45, 7) is 7.62. The van der Waals surface area contributed by atoms with Crippen LogP contribution in [-0.2, 0) is 39.9 Å². The monoisotopic (exact) mass is 775 g/mol. The summed E-state index contributed by atoms with van der Waals surface area (Å²) >= 11 is 0. The average Bonchev–Trinajstić information content (AvgIpc) is 4.00. The Bertz CT molecular complexity index is 2470. The van der Waals surface area contributed by atoms with E-state index in [9.17, 15) is 14.8 Å². The highest BCUT2D eigenvalue weighted by Crippen LogP contribution is 2.30. The second-order valence-electron chi connectivity index (χ2n) is 14.5. The van der Waals surface area contributed by atoms with Crippen LogP contribution in [0.4, 0.5) is 0 Å². The Balaban J connectivity index is 0.818. The molecule has 0 amide bonds. The number of fused-ring (bicyclic) bond motifs is 2. The van der Waals surface area contributed by atoms with Gasteiger partial charge in [0, 0.05) is 26.8 Å². The van der Waals surface area contributed by atoms with Crippen LogP contribution in [0.5, 0.6) is 0 Å². The van der Waals surface area contributed by atoms with Gasteiger partial charge in [-0.1, -0.05) is 69.3 Å². The first-order valence-corrected chi connectivity index (χ1v) is 18.6. The predicted octanol–water partition coefficient (Wildman–Crippen LogP) is 6.54. The van der Waals surface area contributed by atoms with Gasteiger partial charge < -0.3 is 19.3 Å². The highest BCUT2D eigenvalue weighted by atomic mass is 31.1. The van der Waals surface area contributed by atoms with E-state index in [1.165, 1.54) is 0 Å². The molecule has 0 spiro atoms. The van der Waals surface area contributed by atoms with E-state index in [2.05, 4.69) is 40.9 Å². The first-order valence-electron chi connectivity index (χ1n) is 17.5. The van der Waals surface area contributed by atoms with Crippen LogP contribution >= 0.6 is 8.25 Å². The Morgan fingerprint density at radius 2 is 1.00 bits per heavy atom. The molecule has 0 radical (unpaired) electrons. The minimum Gasteiger partial charge on any atom is -0.389 e. The van der Waals surface area contributed by atoms with Crippen molar-refractivity contribution in [1.29, 1.82) is 0 Å². The molecule has 56 heavy (non-hydrogen) atoms. The Morgan fingerprint density at radius 3 is 1.39 bits per heavy atom. The van der Waals surface area contributed by atoms with Crippen molar-refractivity contribution in [2.24, 2.45) is 0 Å². The number of aliphatic hydroxyl groups is 2. The molecule has 8 rings (SSSR count). The van der Waals surface area contributed by atoms with E-state index in [0.717, 1.165) is 33.3 Å². The van der Waals surface area contributed by atoms with Gasteiger partial charge >= 0.3 is 8.25 Å². The molecule has 284 valence electrons. The molecular formula is C38H36N10O7P+. The van der Waals surface area contributed by atoms with Gasteiger partial charge in [0.15, 0.2) is 0 Å². The number of nitrogens with zero attached hydrogens (tertiary/aromatic N) is 10. The molecule has 0 aliphatic heterocycles. The number of hydrogen-bond acceptors (Lipinski definition) is 15. The van der Waals surface area contributed by atoms with Crippen LogP contribution in [0, 0.1) is 0 Å². The van der Waals surface area contributed by atoms with Crippen LogP contribution in [-0.4, -0.2) is 71.7 Å². The van der Waals surface area contributed by atoms with Gasteiger partial charge in [0.25, 0.3) is 11.8 Å². The molecule has 0 bridgehead atoms. The highest BCUT2D eigenvalue weighted by molar-refractivity contribution is 7.33. The first kappa shape index (κ1) is 36.9. The molecule has 0 saturated carbocycles. The van der Waals surface area contributed by atoms with E-state index in [0.29, 0.717) is 58.7 Å². The molecule has 17 nitrogen and oxygen atoms in total. The number of rotatable bonds is 14. The first-order chi connectivity index (χ1) is 26.8. The maximum Gasteiger partial charge on any atom is 0.698 e. The normalized spacial score (nSPS) is 12.2. The number of aromatic nitrogens is 10. The van der Waals surface area contributed by atoms with Gasteiger partial charge in [-0.15, -0.1) is 19.2 Å². The second-order valence-corrected chi connectivity index (χ2v) is 15.5. The molecule has 0 aliphatic rings. The average molecular weight is 776 g/mol. The van der Waals surface area contributed by atoms with E-state index < -0.39 is 19.5 Å². The minimum absolute atomic E-state index is 0.0758. The maximum atomic E-state index is 12.5. The van der Waals surface area contributed by atoms with E-state index in [-0.39, 0.29) is 13.2 Å². The van der Waals surface area contributed by atoms with Crippen molar-refractivity contribution in [3.05, 3.63) is 96.1 Å². The molecule has 0 fully saturated rings. The lowest BCUT2D eigenvalue weighted by Gasteiger charge is -2.16. The predicted molar refractivity (Wildman–Crippen MR) is 202 cm³/mol. The Labute approximate surface area is 319 Å². The van der Waals surface area contributed by atoms with Gasteiger partial charge in [0.1, 0.15) is 24.2 Å². The van der Waals surface area contributed by atoms with E-state index in [1.54, 1.807) is 37.1 Å². The molecule has 4 aromatic heterocycles. The lowest BCUT2D eigenvalue weighted by molar-refractivity contribution is 0.0579. The molecule has 18 heteroatoms. The zero-order chi connectivity index (χ0) is 39.0. The molecule has 0 unspecified atom stereocenters. The third-order valence-electron chi connectivity index (χ3n) is 8.54. The SMILES string of the molecule is CC(C)(O)Cn1nnc2cc(-c3nc(-c4ccc(CO[P+](=O)OCc5ccc(-c6noc(-c7ccc8c(c7)nnn8CC(C)(C)O)n6)cc5)cc4)no3)ccc21. The van der Waals surface area contributed by atoms with Crippen molar-refractivity contribution in [2.75, 3.05) is 0 Å². The summed E-state index contributed by atoms with van der Waals surface area (Å²) in [4.78, 5) is 9.08. The lowest BCUT2D eigenvalue weighted by atomic mass is 10.1. The fourth-order valence-corrected chi connectivity index (χ4v) is 6.47. The van der Waals surface area contributed by atoms with E-state index in [4.69, 9.17) is 18.1 Å². The molecule has 4 aromatic carbocycles. The molecule has 8 aromatic rings. The number of hydrogen-bond donors (Lipinski definition) is 2. The largest absolute Gasteiger partial charge is 0.698 e. The van der Waals surface area contributed by atoms with Crippen molar-refractivity contribution >= 4 is 30.3 Å². The van der Waals surface area contributed by atoms with E-state index in [1.807, 2.05) is 84.9 Å². The standard InChI is InChI=1S/C38H36N10O7P/c1-37(2,49)21-47-31-15-13-27(17-29(31)41-45-47)35-39-33(43-54-35)25-9-5-23(6-10-25)19-52-56(51)53-20-24-7-11-26(12-8-24)34-40-36(55-44-34)28-14-16-32-30(18-28)42-46-48(32)22-38(3,4)50/h5-18,49-50H,19-22H2,1-4H3/q+1. The van der Waals surface area contributed by atoms with Crippen molar-refractivity contribution in [2.45, 2.75) is 65.2 Å². The quantitative estimate of drug-likeness (QED) is 0.112. The smallest absolute Gasteiger partial charge is 0.389 e. The molecule has 0 aliphatic carbocycles. The fraction of sp³-hybridized carbons (Fsp3) is 0.263. The van der Waals surface area contributed by atoms with Crippen LogP contribution in [0.1, 0.15) is 38.8 Å². The van der Waals surface area contributed by atoms with Gasteiger partial charge in [-0.25, -0.2) is 9.36 Å². The van der Waals surface area contributed by atoms with Crippen molar-refractivity contribution in [1.82, 2.24) is 50.3 Å². The fourth-order valence-electron chi connectivity index (χ4n) is 5.88. The topological polar surface area (TPSA) is 215 Å². The van der Waals surface area contributed by atoms with Crippen LogP contribution < -0.4 is 0 Å². The highest BCUT2D eigenvalue weighted by Gasteiger charge is 2.22. The zero-order valence-corrected chi connectivity index (χ0v) is 31.7. The summed E-state index contributed by atoms with van der Waals surface area (Å²) < 4.78 is 37.8. The van der Waals surface area contributed by atoms with Crippen molar-refractivity contribution in [3.8, 4) is 45.7 Å². The van der Waals surface area contributed by atoms with Crippen molar-refractivity contribution in [3.63, 3.8) is 0 Å². The van der Waals surface area contributed by atoms with Gasteiger partial charge in [-0.2, -0.15) is 9.97 Å². The van der Waals surface area contributed by atoms with Crippen LogP contribution in [0.2, 0.25) is 0 Å². The summed E-state index contributed by atoms with van der Waals surface area (Å²) in [6, 6.07) is 25.6. The van der Waals surface area contributed by atoms with Gasteiger partial charge in [-0.3, -0.25) is 0 Å². The van der Waals surface area contributed by atoms with Crippen molar-refractivity contribution < 1.29 is 32.9 Å². The summed E-state index contributed by atoms with van der Waals surface area (Å²) in [5.41, 5.74) is 5.40. The third kappa shape index (κ3) is 8.41. The summed E-state index contributed by atoms with van der Waals surface area (Å²) in [6.07, 6.45) is 0. The Hall–Kier alpha value is -6.10. The molecule has 0 atom stereocenters. The maximum absolute atomic E-state index is 12.5. The minimum atomic E-state index is -2.39. The van der Waals surface area contributed by atoms with Gasteiger partial charge in [0.05, 0.1) is 35.3 Å². The summed E-state index contributed by atoms with van der Waals surface area (Å²) in [5, 5.41) is 45.3. The summed E-state index contributed by atoms with van der Waals surface area (Å²) in [5.74, 6) is 1.47. The van der Waals surface area contributed by atoms with E-state index >= 15 is 0 Å². The van der Waals surface area contributed by atoms with Gasteiger partial charge in [0.2, 0.25) is 11.6 Å². The number of benzene rings is 4. The Kier molecular flexibility index (Phi) is 9.78. The molecule has 0 saturated heterocycles. The molecule has 4 heterocycles. The lowest BCUT2D eigenvalue weighted by Crippen LogP contribution is -2.26. The van der Waals surface area contributed by atoms with Crippen LogP contribution in [0.3, 0.4) is 0 Å². The van der Waals surface area contributed by atoms with Crippen LogP contribution in [0.15, 0.2) is 94.0 Å². The Morgan fingerprint density at radius 1 is 0.607 bits per heavy atom. The van der Waals surface area contributed by atoms with Crippen LogP contribution in [0.25, 0.3) is 67.8 Å². The third-order valence-corrected chi connectivity index (χ3v) is 9.22. The molecular weight excluding hydrogens is 739 g/mol.